The predicted molar refractivity (Wildman–Crippen MR) is 70.5 cm³/mol. The zero-order valence-electron chi connectivity index (χ0n) is 11.2. The van der Waals surface area contributed by atoms with Gasteiger partial charge in [0.15, 0.2) is 11.5 Å². The van der Waals surface area contributed by atoms with E-state index in [9.17, 15) is 5.11 Å². The van der Waals surface area contributed by atoms with Gasteiger partial charge in [0, 0.05) is 12.6 Å². The second-order valence-corrected chi connectivity index (χ2v) is 4.33. The van der Waals surface area contributed by atoms with E-state index in [4.69, 9.17) is 4.74 Å². The van der Waals surface area contributed by atoms with Crippen LogP contribution in [0.3, 0.4) is 0 Å². The molecule has 0 aromatic heterocycles. The highest BCUT2D eigenvalue weighted by atomic mass is 16.5. The number of phenolic OH excluding ortho intramolecular Hbond substituents is 1. The molecule has 1 rings (SSSR count). The van der Waals surface area contributed by atoms with E-state index in [1.807, 2.05) is 12.1 Å². The first-order chi connectivity index (χ1) is 8.12. The summed E-state index contributed by atoms with van der Waals surface area (Å²) in [5.41, 5.74) is 1.12. The molecule has 0 bridgehead atoms. The van der Waals surface area contributed by atoms with Crippen molar-refractivity contribution in [2.45, 2.75) is 39.8 Å². The molecule has 0 saturated heterocycles. The Balaban J connectivity index is 2.76. The smallest absolute Gasteiger partial charge is 0.160 e. The Bertz CT molecular complexity index is 352. The molecule has 0 saturated carbocycles. The van der Waals surface area contributed by atoms with Crippen molar-refractivity contribution < 1.29 is 9.84 Å². The number of rotatable bonds is 6. The molecule has 17 heavy (non-hydrogen) atoms. The van der Waals surface area contributed by atoms with E-state index in [0.29, 0.717) is 11.8 Å². The van der Waals surface area contributed by atoms with Crippen molar-refractivity contribution in [1.29, 1.82) is 0 Å². The van der Waals surface area contributed by atoms with Crippen LogP contribution in [-0.4, -0.2) is 29.7 Å². The Labute approximate surface area is 104 Å². The highest BCUT2D eigenvalue weighted by Gasteiger charge is 2.11. The van der Waals surface area contributed by atoms with Crippen LogP contribution in [0.1, 0.15) is 32.8 Å². The molecule has 0 heterocycles. The molecule has 1 atom stereocenters. The van der Waals surface area contributed by atoms with Crippen molar-refractivity contribution in [1.82, 2.24) is 4.90 Å². The molecule has 0 aliphatic carbocycles. The van der Waals surface area contributed by atoms with Crippen molar-refractivity contribution in [2.75, 3.05) is 13.7 Å². The number of hydrogen-bond donors (Lipinski definition) is 1. The maximum absolute atomic E-state index is 9.73. The molecular formula is C14H23NO2. The van der Waals surface area contributed by atoms with Gasteiger partial charge in [0.2, 0.25) is 0 Å². The fourth-order valence-corrected chi connectivity index (χ4v) is 1.91. The third kappa shape index (κ3) is 3.63. The molecule has 0 amide bonds. The molecule has 1 aromatic rings. The molecule has 0 spiro atoms. The third-order valence-corrected chi connectivity index (χ3v) is 3.25. The summed E-state index contributed by atoms with van der Waals surface area (Å²) >= 11 is 0. The Morgan fingerprint density at radius 1 is 1.35 bits per heavy atom. The second kappa shape index (κ2) is 6.50. The molecule has 0 fully saturated rings. The summed E-state index contributed by atoms with van der Waals surface area (Å²) in [7, 11) is 1.56. The standard InChI is InChI=1S/C14H23NO2/c1-5-11(3)15(6-2)10-12-7-8-14(17-4)13(16)9-12/h7-9,11,16H,5-6,10H2,1-4H3. The van der Waals surface area contributed by atoms with Gasteiger partial charge in [-0.25, -0.2) is 0 Å². The van der Waals surface area contributed by atoms with Crippen LogP contribution >= 0.6 is 0 Å². The van der Waals surface area contributed by atoms with Crippen molar-refractivity contribution in [3.63, 3.8) is 0 Å². The zero-order valence-corrected chi connectivity index (χ0v) is 11.2. The molecule has 0 aliphatic rings. The Kier molecular flexibility index (Phi) is 5.29. The summed E-state index contributed by atoms with van der Waals surface area (Å²) in [5.74, 6) is 0.741. The highest BCUT2D eigenvalue weighted by Crippen LogP contribution is 2.27. The van der Waals surface area contributed by atoms with Crippen molar-refractivity contribution in [2.24, 2.45) is 0 Å². The Morgan fingerprint density at radius 3 is 2.53 bits per heavy atom. The first kappa shape index (κ1) is 13.8. The topological polar surface area (TPSA) is 32.7 Å². The van der Waals surface area contributed by atoms with Gasteiger partial charge in [-0.2, -0.15) is 0 Å². The van der Waals surface area contributed by atoms with Crippen molar-refractivity contribution in [3.05, 3.63) is 23.8 Å². The lowest BCUT2D eigenvalue weighted by Gasteiger charge is -2.27. The van der Waals surface area contributed by atoms with Gasteiger partial charge in [0.05, 0.1) is 7.11 Å². The summed E-state index contributed by atoms with van der Waals surface area (Å²) in [5, 5.41) is 9.73. The van der Waals surface area contributed by atoms with Crippen LogP contribution in [0.2, 0.25) is 0 Å². The number of methoxy groups -OCH3 is 1. The molecule has 96 valence electrons. The molecule has 3 heteroatoms. The minimum atomic E-state index is 0.213. The molecule has 0 radical (unpaired) electrons. The van der Waals surface area contributed by atoms with Crippen LogP contribution in [0, 0.1) is 0 Å². The van der Waals surface area contributed by atoms with Crippen LogP contribution in [0.4, 0.5) is 0 Å². The molecular weight excluding hydrogens is 214 g/mol. The largest absolute Gasteiger partial charge is 0.504 e. The molecule has 1 unspecified atom stereocenters. The van der Waals surface area contributed by atoms with E-state index in [2.05, 4.69) is 25.7 Å². The molecule has 1 N–H and O–H groups in total. The summed E-state index contributed by atoms with van der Waals surface area (Å²) in [6.07, 6.45) is 1.13. The average molecular weight is 237 g/mol. The molecule has 3 nitrogen and oxygen atoms in total. The number of aromatic hydroxyl groups is 1. The van der Waals surface area contributed by atoms with E-state index in [1.54, 1.807) is 13.2 Å². The lowest BCUT2D eigenvalue weighted by molar-refractivity contribution is 0.206. The fourth-order valence-electron chi connectivity index (χ4n) is 1.91. The number of hydrogen-bond acceptors (Lipinski definition) is 3. The summed E-state index contributed by atoms with van der Waals surface area (Å²) in [4.78, 5) is 2.39. The van der Waals surface area contributed by atoms with Gasteiger partial charge >= 0.3 is 0 Å². The maximum atomic E-state index is 9.73. The van der Waals surface area contributed by atoms with Gasteiger partial charge in [-0.05, 0) is 37.6 Å². The summed E-state index contributed by atoms with van der Waals surface area (Å²) in [6.45, 7) is 8.46. The lowest BCUT2D eigenvalue weighted by atomic mass is 10.1. The summed E-state index contributed by atoms with van der Waals surface area (Å²) in [6, 6.07) is 6.16. The quantitative estimate of drug-likeness (QED) is 0.825. The number of nitrogens with zero attached hydrogens (tertiary/aromatic N) is 1. The predicted octanol–water partition coefficient (Wildman–Crippen LogP) is 3.02. The van der Waals surface area contributed by atoms with Crippen LogP contribution in [0.5, 0.6) is 11.5 Å². The minimum Gasteiger partial charge on any atom is -0.504 e. The van der Waals surface area contributed by atoms with E-state index in [1.165, 1.54) is 0 Å². The maximum Gasteiger partial charge on any atom is 0.160 e. The van der Waals surface area contributed by atoms with Gasteiger partial charge in [0.25, 0.3) is 0 Å². The highest BCUT2D eigenvalue weighted by molar-refractivity contribution is 5.41. The summed E-state index contributed by atoms with van der Waals surface area (Å²) < 4.78 is 5.04. The SMILES string of the molecule is CCC(C)N(CC)Cc1ccc(OC)c(O)c1. The monoisotopic (exact) mass is 237 g/mol. The average Bonchev–Trinajstić information content (AvgIpc) is 2.35. The first-order valence-corrected chi connectivity index (χ1v) is 6.22. The van der Waals surface area contributed by atoms with Gasteiger partial charge in [-0.15, -0.1) is 0 Å². The van der Waals surface area contributed by atoms with Gasteiger partial charge in [0.1, 0.15) is 0 Å². The van der Waals surface area contributed by atoms with Crippen molar-refractivity contribution >= 4 is 0 Å². The van der Waals surface area contributed by atoms with Crippen LogP contribution in [0.15, 0.2) is 18.2 Å². The number of benzene rings is 1. The molecule has 1 aromatic carbocycles. The zero-order chi connectivity index (χ0) is 12.8. The lowest BCUT2D eigenvalue weighted by Crippen LogP contribution is -2.31. The van der Waals surface area contributed by atoms with Crippen LogP contribution in [-0.2, 0) is 6.54 Å². The Morgan fingerprint density at radius 2 is 2.06 bits per heavy atom. The van der Waals surface area contributed by atoms with E-state index in [-0.39, 0.29) is 5.75 Å². The van der Waals surface area contributed by atoms with Gasteiger partial charge < -0.3 is 9.84 Å². The van der Waals surface area contributed by atoms with Gasteiger partial charge in [-0.1, -0.05) is 19.9 Å². The third-order valence-electron chi connectivity index (χ3n) is 3.25. The van der Waals surface area contributed by atoms with E-state index < -0.39 is 0 Å². The minimum absolute atomic E-state index is 0.213. The van der Waals surface area contributed by atoms with Crippen LogP contribution < -0.4 is 4.74 Å². The normalized spacial score (nSPS) is 12.8. The number of ether oxygens (including phenoxy) is 1. The second-order valence-electron chi connectivity index (χ2n) is 4.33. The fraction of sp³-hybridized carbons (Fsp3) is 0.571. The molecule has 0 aliphatic heterocycles. The van der Waals surface area contributed by atoms with Crippen LogP contribution in [0.25, 0.3) is 0 Å². The first-order valence-electron chi connectivity index (χ1n) is 6.22. The van der Waals surface area contributed by atoms with E-state index in [0.717, 1.165) is 25.1 Å². The number of phenols is 1. The van der Waals surface area contributed by atoms with E-state index >= 15 is 0 Å². The Hall–Kier alpha value is -1.22. The van der Waals surface area contributed by atoms with Gasteiger partial charge in [-0.3, -0.25) is 4.90 Å². The van der Waals surface area contributed by atoms with Crippen molar-refractivity contribution in [3.8, 4) is 11.5 Å².